The normalized spacial score (nSPS) is 9.83. The predicted molar refractivity (Wildman–Crippen MR) is 73.7 cm³/mol. The quantitative estimate of drug-likeness (QED) is 0.622. The van der Waals surface area contributed by atoms with Crippen molar-refractivity contribution in [2.75, 3.05) is 11.4 Å². The third-order valence-electron chi connectivity index (χ3n) is 2.41. The molecule has 4 nitrogen and oxygen atoms in total. The van der Waals surface area contributed by atoms with Gasteiger partial charge in [-0.05, 0) is 30.2 Å². The average molecular weight is 312 g/mol. The zero-order valence-corrected chi connectivity index (χ0v) is 11.4. The minimum absolute atomic E-state index is 0.0320. The fraction of sp³-hybridized carbons (Fsp3) is 0.231. The molecular weight excluding hydrogens is 298 g/mol. The van der Waals surface area contributed by atoms with Crippen molar-refractivity contribution in [1.82, 2.24) is 0 Å². The number of amides is 1. The highest BCUT2D eigenvalue weighted by molar-refractivity contribution is 9.10. The molecule has 1 aromatic carbocycles. The maximum Gasteiger partial charge on any atom is 0.303 e. The van der Waals surface area contributed by atoms with Gasteiger partial charge in [-0.25, -0.2) is 0 Å². The SMILES string of the molecule is C=CCN(C=O)c1ccc(Br)cc1CCC(=O)O. The Hall–Kier alpha value is -1.62. The number of aliphatic carboxylic acids is 1. The molecule has 0 saturated carbocycles. The van der Waals surface area contributed by atoms with E-state index in [4.69, 9.17) is 5.11 Å². The summed E-state index contributed by atoms with van der Waals surface area (Å²) in [4.78, 5) is 23.1. The van der Waals surface area contributed by atoms with E-state index in [0.29, 0.717) is 18.7 Å². The van der Waals surface area contributed by atoms with E-state index in [-0.39, 0.29) is 6.42 Å². The summed E-state index contributed by atoms with van der Waals surface area (Å²) in [7, 11) is 0. The summed E-state index contributed by atoms with van der Waals surface area (Å²) in [5, 5.41) is 8.72. The number of carboxylic acid groups (broad SMARTS) is 1. The molecule has 1 N–H and O–H groups in total. The minimum Gasteiger partial charge on any atom is -0.481 e. The van der Waals surface area contributed by atoms with E-state index in [0.717, 1.165) is 16.4 Å². The zero-order valence-electron chi connectivity index (χ0n) is 9.80. The van der Waals surface area contributed by atoms with Crippen LogP contribution in [0.4, 0.5) is 5.69 Å². The first-order valence-electron chi connectivity index (χ1n) is 5.41. The molecule has 5 heteroatoms. The number of anilines is 1. The molecule has 0 unspecified atom stereocenters. The second-order valence-corrected chi connectivity index (χ2v) is 4.63. The minimum atomic E-state index is -0.859. The molecule has 96 valence electrons. The maximum absolute atomic E-state index is 11.0. The molecule has 0 radical (unpaired) electrons. The van der Waals surface area contributed by atoms with Crippen LogP contribution < -0.4 is 4.90 Å². The highest BCUT2D eigenvalue weighted by Crippen LogP contribution is 2.25. The van der Waals surface area contributed by atoms with E-state index in [1.165, 1.54) is 4.90 Å². The van der Waals surface area contributed by atoms with Crippen molar-refractivity contribution in [3.63, 3.8) is 0 Å². The summed E-state index contributed by atoms with van der Waals surface area (Å²) in [6, 6.07) is 5.44. The van der Waals surface area contributed by atoms with E-state index in [9.17, 15) is 9.59 Å². The highest BCUT2D eigenvalue weighted by atomic mass is 79.9. The number of carbonyl (C=O) groups excluding carboxylic acids is 1. The molecule has 0 aromatic heterocycles. The number of rotatable bonds is 7. The lowest BCUT2D eigenvalue weighted by atomic mass is 10.1. The topological polar surface area (TPSA) is 57.6 Å². The number of carbonyl (C=O) groups is 2. The second kappa shape index (κ2) is 6.96. The van der Waals surface area contributed by atoms with Gasteiger partial charge in [0.25, 0.3) is 0 Å². The van der Waals surface area contributed by atoms with Gasteiger partial charge in [0.1, 0.15) is 0 Å². The molecule has 0 aliphatic heterocycles. The van der Waals surface area contributed by atoms with Crippen LogP contribution in [0.1, 0.15) is 12.0 Å². The van der Waals surface area contributed by atoms with Crippen LogP contribution in [-0.2, 0) is 16.0 Å². The lowest BCUT2D eigenvalue weighted by Crippen LogP contribution is -2.22. The summed E-state index contributed by atoms with van der Waals surface area (Å²) >= 11 is 3.34. The van der Waals surface area contributed by atoms with E-state index < -0.39 is 5.97 Å². The molecule has 0 aliphatic rings. The van der Waals surface area contributed by atoms with Gasteiger partial charge in [0.05, 0.1) is 0 Å². The fourth-order valence-corrected chi connectivity index (χ4v) is 2.02. The average Bonchev–Trinajstić information content (AvgIpc) is 2.34. The molecule has 18 heavy (non-hydrogen) atoms. The Morgan fingerprint density at radius 2 is 2.22 bits per heavy atom. The molecule has 0 heterocycles. The maximum atomic E-state index is 11.0. The van der Waals surface area contributed by atoms with Crippen LogP contribution in [0.25, 0.3) is 0 Å². The van der Waals surface area contributed by atoms with Crippen molar-refractivity contribution in [3.05, 3.63) is 40.9 Å². The van der Waals surface area contributed by atoms with Crippen molar-refractivity contribution in [3.8, 4) is 0 Å². The van der Waals surface area contributed by atoms with E-state index in [1.807, 2.05) is 12.1 Å². The first-order chi connectivity index (χ1) is 8.58. The number of benzene rings is 1. The Labute approximate surface area is 114 Å². The van der Waals surface area contributed by atoms with Gasteiger partial charge >= 0.3 is 5.97 Å². The number of carboxylic acids is 1. The van der Waals surface area contributed by atoms with Crippen molar-refractivity contribution in [1.29, 1.82) is 0 Å². The third kappa shape index (κ3) is 4.00. The van der Waals surface area contributed by atoms with Crippen LogP contribution >= 0.6 is 15.9 Å². The van der Waals surface area contributed by atoms with Crippen molar-refractivity contribution in [2.45, 2.75) is 12.8 Å². The molecular formula is C13H14BrNO3. The molecule has 0 aliphatic carbocycles. The Morgan fingerprint density at radius 1 is 1.50 bits per heavy atom. The summed E-state index contributed by atoms with van der Waals surface area (Å²) in [5.41, 5.74) is 1.54. The van der Waals surface area contributed by atoms with Crippen LogP contribution in [0.2, 0.25) is 0 Å². The van der Waals surface area contributed by atoms with Gasteiger partial charge in [0.2, 0.25) is 6.41 Å². The number of halogens is 1. The standard InChI is InChI=1S/C13H14BrNO3/c1-2-7-15(9-16)12-5-4-11(14)8-10(12)3-6-13(17)18/h2,4-5,8-9H,1,3,6-7H2,(H,17,18). The smallest absolute Gasteiger partial charge is 0.303 e. The summed E-state index contributed by atoms with van der Waals surface area (Å²) in [6.07, 6.45) is 2.75. The van der Waals surface area contributed by atoms with Crippen molar-refractivity contribution >= 4 is 34.0 Å². The van der Waals surface area contributed by atoms with Gasteiger partial charge in [0.15, 0.2) is 0 Å². The van der Waals surface area contributed by atoms with Crippen LogP contribution in [0.5, 0.6) is 0 Å². The summed E-state index contributed by atoms with van der Waals surface area (Å²) in [5.74, 6) is -0.859. The molecule has 0 saturated heterocycles. The summed E-state index contributed by atoms with van der Waals surface area (Å²) in [6.45, 7) is 3.99. The number of hydrogen-bond donors (Lipinski definition) is 1. The van der Waals surface area contributed by atoms with E-state index in [2.05, 4.69) is 22.5 Å². The summed E-state index contributed by atoms with van der Waals surface area (Å²) < 4.78 is 0.857. The monoisotopic (exact) mass is 311 g/mol. The Bertz CT molecular complexity index is 460. The third-order valence-corrected chi connectivity index (χ3v) is 2.91. The molecule has 0 atom stereocenters. The first-order valence-corrected chi connectivity index (χ1v) is 6.21. The lowest BCUT2D eigenvalue weighted by Gasteiger charge is -2.19. The second-order valence-electron chi connectivity index (χ2n) is 3.71. The molecule has 1 amide bonds. The molecule has 1 aromatic rings. The highest BCUT2D eigenvalue weighted by Gasteiger charge is 2.11. The van der Waals surface area contributed by atoms with E-state index >= 15 is 0 Å². The molecule has 1 rings (SSSR count). The van der Waals surface area contributed by atoms with Crippen molar-refractivity contribution in [2.24, 2.45) is 0 Å². The van der Waals surface area contributed by atoms with Crippen LogP contribution in [0, 0.1) is 0 Å². The van der Waals surface area contributed by atoms with Gasteiger partial charge in [-0.2, -0.15) is 0 Å². The van der Waals surface area contributed by atoms with Crippen LogP contribution in [0.3, 0.4) is 0 Å². The predicted octanol–water partition coefficient (Wildman–Crippen LogP) is 2.62. The first kappa shape index (κ1) is 14.4. The number of aryl methyl sites for hydroxylation is 1. The fourth-order valence-electron chi connectivity index (χ4n) is 1.61. The van der Waals surface area contributed by atoms with Crippen molar-refractivity contribution < 1.29 is 14.7 Å². The Morgan fingerprint density at radius 3 is 2.78 bits per heavy atom. The van der Waals surface area contributed by atoms with E-state index in [1.54, 1.807) is 12.1 Å². The van der Waals surface area contributed by atoms with Gasteiger partial charge in [0, 0.05) is 23.1 Å². The Balaban J connectivity index is 3.04. The lowest BCUT2D eigenvalue weighted by molar-refractivity contribution is -0.136. The Kier molecular flexibility index (Phi) is 5.58. The molecule has 0 fully saturated rings. The number of nitrogens with zero attached hydrogens (tertiary/aromatic N) is 1. The van der Waals surface area contributed by atoms with Crippen LogP contribution in [0.15, 0.2) is 35.3 Å². The van der Waals surface area contributed by atoms with Gasteiger partial charge in [-0.3, -0.25) is 9.59 Å². The molecule has 0 bridgehead atoms. The molecule has 0 spiro atoms. The van der Waals surface area contributed by atoms with Crippen LogP contribution in [-0.4, -0.2) is 24.0 Å². The van der Waals surface area contributed by atoms with Gasteiger partial charge in [-0.1, -0.05) is 22.0 Å². The van der Waals surface area contributed by atoms with Gasteiger partial charge in [-0.15, -0.1) is 6.58 Å². The number of hydrogen-bond acceptors (Lipinski definition) is 2. The largest absolute Gasteiger partial charge is 0.481 e. The van der Waals surface area contributed by atoms with Gasteiger partial charge < -0.3 is 10.0 Å². The zero-order chi connectivity index (χ0) is 13.5.